The molecule has 0 aromatic heterocycles. The Balaban J connectivity index is 3.84. The van der Waals surface area contributed by atoms with Crippen LogP contribution in [0.5, 0.6) is 0 Å². The molecule has 0 saturated carbocycles. The van der Waals surface area contributed by atoms with Crippen LogP contribution in [-0.2, 0) is 66.3 Å². The molecule has 12 unspecified atom stereocenters. The minimum atomic E-state index is -1.87. The van der Waals surface area contributed by atoms with E-state index in [0.717, 1.165) is 0 Å². The highest BCUT2D eigenvalue weighted by atomic mass is 16.8. The molecule has 0 aromatic carbocycles. The summed E-state index contributed by atoms with van der Waals surface area (Å²) in [5, 5.41) is 215. The van der Waals surface area contributed by atoms with Gasteiger partial charge in [-0.3, -0.25) is 0 Å². The van der Waals surface area contributed by atoms with E-state index in [1.807, 2.05) is 0 Å². The van der Waals surface area contributed by atoms with E-state index in [9.17, 15) is 107 Å². The lowest BCUT2D eigenvalue weighted by Crippen LogP contribution is -2.50. The van der Waals surface area contributed by atoms with Gasteiger partial charge >= 0.3 is 0 Å². The average Bonchev–Trinajstić information content (AvgIpc) is 3.46. The second-order valence-corrected chi connectivity index (χ2v) is 16.3. The summed E-state index contributed by atoms with van der Waals surface area (Å²) in [5.41, 5.74) is 0. The summed E-state index contributed by atoms with van der Waals surface area (Å²) in [4.78, 5) is 0. The van der Waals surface area contributed by atoms with Gasteiger partial charge in [0.05, 0.1) is 139 Å². The van der Waals surface area contributed by atoms with Crippen LogP contribution in [0.15, 0.2) is 0 Å². The molecule has 21 N–H and O–H groups in total. The molecule has 1 rings (SSSR count). The van der Waals surface area contributed by atoms with Crippen LogP contribution in [-0.4, -0.2) is 375 Å². The molecule has 1 heterocycles. The van der Waals surface area contributed by atoms with E-state index in [1.165, 1.54) is 0 Å². The number of aliphatic hydroxyl groups is 21. The van der Waals surface area contributed by atoms with Gasteiger partial charge < -0.3 is 174 Å². The molecule has 1 aliphatic heterocycles. The SMILES string of the molecule is OCC1OC(CO)[C@H](CO)OC(CO)O[C@@H](CO)C(CO)OC(CO)OC(CO)[C@H](CO)OC(CO)O[C@@H](CO)C(CO)OC(CO)O[C@@H](CO)[C@H](CO)OC(CO)OC(CO)[C@H](CO)OC(CO)O[C@@H](CO)C(CO)O1. The molecule has 1 aliphatic rings. The minimum absolute atomic E-state index is 1.02. The number of ether oxygens (including phenoxy) is 14. The van der Waals surface area contributed by atoms with Gasteiger partial charge in [0, 0.05) is 0 Å². The smallest absolute Gasteiger partial charge is 0.181 e. The van der Waals surface area contributed by atoms with Gasteiger partial charge in [0.25, 0.3) is 0 Å². The minimum Gasteiger partial charge on any atom is -0.394 e. The first-order valence-electron chi connectivity index (χ1n) is 24.1. The number of hydrogen-bond acceptors (Lipinski definition) is 35. The molecule has 0 bridgehead atoms. The van der Waals surface area contributed by atoms with Crippen molar-refractivity contribution in [3.8, 4) is 0 Å². The summed E-state index contributed by atoms with van der Waals surface area (Å²) >= 11 is 0. The van der Waals surface area contributed by atoms with E-state index in [-0.39, 0.29) is 0 Å². The van der Waals surface area contributed by atoms with Gasteiger partial charge in [-0.2, -0.15) is 0 Å². The summed E-state index contributed by atoms with van der Waals surface area (Å²) in [5.74, 6) is 0. The fourth-order valence-electron chi connectivity index (χ4n) is 7.03. The van der Waals surface area contributed by atoms with Gasteiger partial charge in [-0.25, -0.2) is 0 Å². The molecule has 0 aliphatic carbocycles. The molecule has 0 amide bonds. The number of rotatable bonds is 21. The Morgan fingerprint density at radius 2 is 0.182 bits per heavy atom. The number of hydrogen-bond donors (Lipinski definition) is 21. The molecule has 0 radical (unpaired) electrons. The monoisotopic (exact) mass is 1150 g/mol. The zero-order chi connectivity index (χ0) is 57.9. The maximum Gasteiger partial charge on any atom is 0.181 e. The highest BCUT2D eigenvalue weighted by molar-refractivity contribution is 4.80. The van der Waals surface area contributed by atoms with Crippen LogP contribution < -0.4 is 0 Å². The van der Waals surface area contributed by atoms with Crippen LogP contribution in [0, 0.1) is 0 Å². The number of aliphatic hydroxyl groups excluding tert-OH is 21. The van der Waals surface area contributed by atoms with E-state index in [4.69, 9.17) is 66.3 Å². The van der Waals surface area contributed by atoms with Crippen molar-refractivity contribution in [1.82, 2.24) is 0 Å². The van der Waals surface area contributed by atoms with Crippen molar-refractivity contribution in [3.63, 3.8) is 0 Å². The third-order valence-corrected chi connectivity index (χ3v) is 11.0. The summed E-state index contributed by atoms with van der Waals surface area (Å²) in [7, 11) is 0. The lowest BCUT2D eigenvalue weighted by Gasteiger charge is -2.36. The van der Waals surface area contributed by atoms with E-state index < -0.39 is 268 Å². The Kier molecular flexibility index (Phi) is 41.4. The molecule has 77 heavy (non-hydrogen) atoms. The van der Waals surface area contributed by atoms with Gasteiger partial charge in [0.2, 0.25) is 0 Å². The molecular weight excluding hydrogens is 1060 g/mol. The Morgan fingerprint density at radius 1 is 0.117 bits per heavy atom. The van der Waals surface area contributed by atoms with Crippen molar-refractivity contribution in [2.45, 2.75) is 129 Å². The van der Waals surface area contributed by atoms with Crippen molar-refractivity contribution in [3.05, 3.63) is 0 Å². The average molecular weight is 1150 g/mol. The van der Waals surface area contributed by atoms with Crippen molar-refractivity contribution in [1.29, 1.82) is 0 Å². The second kappa shape index (κ2) is 43.3. The fourth-order valence-corrected chi connectivity index (χ4v) is 7.03. The predicted molar refractivity (Wildman–Crippen MR) is 244 cm³/mol. The van der Waals surface area contributed by atoms with E-state index in [1.54, 1.807) is 0 Å². The van der Waals surface area contributed by atoms with Gasteiger partial charge in [-0.15, -0.1) is 0 Å². The predicted octanol–water partition coefficient (Wildman–Crippen LogP) is -13.5. The maximum atomic E-state index is 10.3. The van der Waals surface area contributed by atoms with Crippen molar-refractivity contribution in [2.75, 3.05) is 139 Å². The summed E-state index contributed by atoms with van der Waals surface area (Å²) in [6.07, 6.45) is -36.8. The molecule has 35 nitrogen and oxygen atoms in total. The molecule has 0 spiro atoms. The Bertz CT molecular complexity index is 1010. The molecular formula is C42H84O35. The van der Waals surface area contributed by atoms with E-state index in [0.29, 0.717) is 0 Å². The molecule has 0 aromatic rings. The lowest BCUT2D eigenvalue weighted by atomic mass is 10.2. The summed E-state index contributed by atoms with van der Waals surface area (Å²) < 4.78 is 78.2. The van der Waals surface area contributed by atoms with Crippen molar-refractivity contribution in [2.24, 2.45) is 0 Å². The molecule has 20 atom stereocenters. The van der Waals surface area contributed by atoms with Crippen LogP contribution in [0.4, 0.5) is 0 Å². The van der Waals surface area contributed by atoms with Crippen LogP contribution in [0.3, 0.4) is 0 Å². The van der Waals surface area contributed by atoms with Gasteiger partial charge in [-0.05, 0) is 0 Å². The van der Waals surface area contributed by atoms with Crippen molar-refractivity contribution < 1.29 is 174 Å². The third-order valence-electron chi connectivity index (χ3n) is 11.0. The lowest BCUT2D eigenvalue weighted by molar-refractivity contribution is -0.309. The standard InChI is InChI=1S/C42H84O35/c43-1-22-23(2-44)65-37(16-58)67-26(5-47)27(6-48)69-39(18-60)71-30(9-51)31(10-52)73-41(20-62)75-34(13-55)35(14-56)77-42(21-63)76-33(12-54)32(11-53)74-40(19-61)72-29(8-50)28(7-49)70-38(17-59)68-25(4-46)24(3-45)66-36(15-57)64-22/h22-63H,1-21H2/t22-,23-,24?,25-,26?,27-,28-,29?,30-,31?,32?,33-,34?,35-,36?,37?,38?,39?,40?,41?,42?/m0/s1. The summed E-state index contributed by atoms with van der Waals surface area (Å²) in [6, 6.07) is 0. The molecule has 462 valence electrons. The first-order chi connectivity index (χ1) is 37.2. The molecule has 35 heteroatoms. The second-order valence-electron chi connectivity index (χ2n) is 16.3. The molecule has 1 fully saturated rings. The first-order valence-corrected chi connectivity index (χ1v) is 24.1. The Morgan fingerprint density at radius 3 is 0.221 bits per heavy atom. The quantitative estimate of drug-likeness (QED) is 0.0507. The van der Waals surface area contributed by atoms with E-state index >= 15 is 0 Å². The Hall–Kier alpha value is -1.40. The van der Waals surface area contributed by atoms with Gasteiger partial charge in [-0.1, -0.05) is 0 Å². The third kappa shape index (κ3) is 25.3. The van der Waals surface area contributed by atoms with Gasteiger partial charge in [0.15, 0.2) is 44.0 Å². The summed E-state index contributed by atoms with van der Waals surface area (Å²) in [6.45, 7) is -21.8. The normalized spacial score (nSPS) is 37.9. The highest BCUT2D eigenvalue weighted by Crippen LogP contribution is 2.22. The maximum absolute atomic E-state index is 10.3. The van der Waals surface area contributed by atoms with Crippen molar-refractivity contribution >= 4 is 0 Å². The van der Waals surface area contributed by atoms with Crippen LogP contribution in [0.25, 0.3) is 0 Å². The first kappa shape index (κ1) is 73.6. The van der Waals surface area contributed by atoms with Crippen LogP contribution in [0.1, 0.15) is 0 Å². The fraction of sp³-hybridized carbons (Fsp3) is 1.00. The highest BCUT2D eigenvalue weighted by Gasteiger charge is 2.39. The topological polar surface area (TPSA) is 554 Å². The van der Waals surface area contributed by atoms with Crippen LogP contribution >= 0.6 is 0 Å². The zero-order valence-electron chi connectivity index (χ0n) is 42.1. The zero-order valence-corrected chi connectivity index (χ0v) is 42.1. The largest absolute Gasteiger partial charge is 0.394 e. The van der Waals surface area contributed by atoms with Gasteiger partial charge in [0.1, 0.15) is 85.5 Å². The Labute approximate surface area is 441 Å². The van der Waals surface area contributed by atoms with E-state index in [2.05, 4.69) is 0 Å². The van der Waals surface area contributed by atoms with Crippen LogP contribution in [0.2, 0.25) is 0 Å². The molecule has 1 saturated heterocycles.